The second-order valence-corrected chi connectivity index (χ2v) is 14.3. The molecule has 0 N–H and O–H groups in total. The second kappa shape index (κ2) is 12.9. The number of ether oxygens (including phenoxy) is 6. The van der Waals surface area contributed by atoms with Crippen molar-refractivity contribution in [2.24, 2.45) is 0 Å². The van der Waals surface area contributed by atoms with Crippen molar-refractivity contribution in [3.8, 4) is 17.2 Å². The van der Waals surface area contributed by atoms with Crippen LogP contribution >= 0.6 is 0 Å². The van der Waals surface area contributed by atoms with Gasteiger partial charge in [0.15, 0.2) is 0 Å². The lowest BCUT2D eigenvalue weighted by atomic mass is 9.96. The Hall–Kier alpha value is -4.31. The van der Waals surface area contributed by atoms with Gasteiger partial charge in [0.2, 0.25) is 0 Å². The van der Waals surface area contributed by atoms with E-state index < -0.39 is 17.2 Å². The number of benzene rings is 2. The Balaban J connectivity index is 0.939. The molecule has 0 amide bonds. The first-order valence-corrected chi connectivity index (χ1v) is 17.0. The van der Waals surface area contributed by atoms with Crippen LogP contribution in [0.1, 0.15) is 72.8 Å². The first kappa shape index (κ1) is 33.2. The van der Waals surface area contributed by atoms with Crippen LogP contribution in [-0.2, 0) is 14.2 Å². The smallest absolute Gasteiger partial charge is 0.350 e. The first-order chi connectivity index (χ1) is 23.4. The van der Waals surface area contributed by atoms with Crippen LogP contribution in [0.3, 0.4) is 0 Å². The number of allylic oxidation sites excluding steroid dienone is 2. The molecule has 0 aliphatic carbocycles. The van der Waals surface area contributed by atoms with Gasteiger partial charge in [-0.3, -0.25) is 0 Å². The molecule has 3 atom stereocenters. The third-order valence-corrected chi connectivity index (χ3v) is 9.61. The zero-order valence-corrected chi connectivity index (χ0v) is 29.0. The number of epoxide rings is 1. The molecule has 3 aliphatic rings. The maximum absolute atomic E-state index is 11.8. The van der Waals surface area contributed by atoms with Gasteiger partial charge in [0, 0.05) is 29.8 Å². The van der Waals surface area contributed by atoms with Gasteiger partial charge in [-0.15, -0.1) is 0 Å². The van der Waals surface area contributed by atoms with Crippen LogP contribution in [0.5, 0.6) is 17.2 Å². The molecule has 9 nitrogen and oxygen atoms in total. The molecule has 7 rings (SSSR count). The number of hydrogen-bond donors (Lipinski definition) is 0. The molecule has 2 aromatic heterocycles. The highest BCUT2D eigenvalue weighted by Crippen LogP contribution is 2.45. The van der Waals surface area contributed by atoms with Gasteiger partial charge in [0.25, 0.3) is 0 Å². The van der Waals surface area contributed by atoms with Crippen molar-refractivity contribution in [3.05, 3.63) is 94.1 Å². The molecule has 258 valence electrons. The van der Waals surface area contributed by atoms with E-state index in [4.69, 9.17) is 37.3 Å². The monoisotopic (exact) mass is 668 g/mol. The fraction of sp³-hybridized carbons (Fsp3) is 0.425. The maximum atomic E-state index is 11.8. The molecule has 0 saturated carbocycles. The van der Waals surface area contributed by atoms with Crippen LogP contribution in [0.25, 0.3) is 28.0 Å². The topological polar surface area (TPSA) is 102 Å². The van der Waals surface area contributed by atoms with E-state index >= 15 is 0 Å². The fourth-order valence-corrected chi connectivity index (χ4v) is 6.50. The third kappa shape index (κ3) is 7.20. The van der Waals surface area contributed by atoms with Crippen molar-refractivity contribution in [1.82, 2.24) is 0 Å². The van der Waals surface area contributed by atoms with Gasteiger partial charge in [0.1, 0.15) is 41.6 Å². The summed E-state index contributed by atoms with van der Waals surface area (Å²) in [6.45, 7) is 13.4. The second-order valence-electron chi connectivity index (χ2n) is 14.3. The van der Waals surface area contributed by atoms with Crippen molar-refractivity contribution in [3.63, 3.8) is 0 Å². The molecule has 3 aliphatic heterocycles. The third-order valence-electron chi connectivity index (χ3n) is 9.61. The zero-order chi connectivity index (χ0) is 34.4. The van der Waals surface area contributed by atoms with Gasteiger partial charge in [-0.05, 0) is 110 Å². The Kier molecular flexibility index (Phi) is 8.71. The summed E-state index contributed by atoms with van der Waals surface area (Å²) in [5, 5.41) is 1.54. The quantitative estimate of drug-likeness (QED) is 0.0832. The van der Waals surface area contributed by atoms with E-state index in [0.717, 1.165) is 53.3 Å². The molecular formula is C40H44O9. The van der Waals surface area contributed by atoms with Crippen molar-refractivity contribution < 1.29 is 37.3 Å². The summed E-state index contributed by atoms with van der Waals surface area (Å²) in [5.74, 6) is 0.681. The van der Waals surface area contributed by atoms with E-state index in [-0.39, 0.29) is 11.7 Å². The van der Waals surface area contributed by atoms with Crippen LogP contribution < -0.4 is 19.8 Å². The Morgan fingerprint density at radius 1 is 0.816 bits per heavy atom. The van der Waals surface area contributed by atoms with Gasteiger partial charge in [-0.2, -0.15) is 0 Å². The summed E-state index contributed by atoms with van der Waals surface area (Å²) in [6.07, 6.45) is 13.3. The number of furan rings is 1. The van der Waals surface area contributed by atoms with Gasteiger partial charge < -0.3 is 37.3 Å². The molecule has 2 aromatic carbocycles. The fourth-order valence-electron chi connectivity index (χ4n) is 6.50. The summed E-state index contributed by atoms with van der Waals surface area (Å²) in [6, 6.07) is 12.5. The number of hydrogen-bond acceptors (Lipinski definition) is 9. The lowest BCUT2D eigenvalue weighted by Crippen LogP contribution is -2.38. The summed E-state index contributed by atoms with van der Waals surface area (Å²) in [4.78, 5) is 11.8. The van der Waals surface area contributed by atoms with E-state index in [2.05, 4.69) is 39.8 Å². The van der Waals surface area contributed by atoms with Crippen molar-refractivity contribution >= 4 is 28.0 Å². The molecule has 49 heavy (non-hydrogen) atoms. The van der Waals surface area contributed by atoms with Gasteiger partial charge in [0.05, 0.1) is 40.4 Å². The van der Waals surface area contributed by atoms with E-state index in [1.54, 1.807) is 18.4 Å². The lowest BCUT2D eigenvalue weighted by Gasteiger charge is -2.30. The van der Waals surface area contributed by atoms with E-state index in [1.165, 1.54) is 11.6 Å². The van der Waals surface area contributed by atoms with Crippen LogP contribution in [0.4, 0.5) is 0 Å². The summed E-state index contributed by atoms with van der Waals surface area (Å²) >= 11 is 0. The molecule has 1 spiro atoms. The van der Waals surface area contributed by atoms with Crippen LogP contribution in [0.15, 0.2) is 91.7 Å². The summed E-state index contributed by atoms with van der Waals surface area (Å²) in [7, 11) is 0. The SMILES string of the molecule is C/C(=C\COc1ccc2c(c1)O[C@]1(C=C2)OC(CC/C(C)=C/COc2c3ccoc3cc3oc(=O)ccc23)C(C)(C)O1)CCC1OC1(C)C. The minimum absolute atomic E-state index is 0.0251. The van der Waals surface area contributed by atoms with E-state index in [0.29, 0.717) is 42.0 Å². The molecule has 2 unspecified atom stereocenters. The minimum Gasteiger partial charge on any atom is -0.489 e. The Morgan fingerprint density at radius 3 is 2.24 bits per heavy atom. The van der Waals surface area contributed by atoms with Gasteiger partial charge in [-0.25, -0.2) is 4.79 Å². The summed E-state index contributed by atoms with van der Waals surface area (Å²) < 4.78 is 48.2. The average molecular weight is 669 g/mol. The highest BCUT2D eigenvalue weighted by Gasteiger charge is 2.54. The highest BCUT2D eigenvalue weighted by atomic mass is 16.9. The Labute approximate surface area is 286 Å². The van der Waals surface area contributed by atoms with Gasteiger partial charge in [-0.1, -0.05) is 11.1 Å². The number of fused-ring (bicyclic) bond motifs is 3. The standard InChI is InChI=1S/C40H44O9/c1-25(7-12-34-38(3,4)47-34)16-20-42-28-10-9-27-15-19-40(46-31(27)23-28)48-35(39(5,6)49-40)13-8-26(2)17-21-44-37-29-11-14-36(41)45-33(29)24-32-30(37)18-22-43-32/h9-11,14-19,22-24,34-35H,7-8,12-13,20-21H2,1-6H3/b25-16+,26-17+/t34?,35?,40-/m1/s1. The number of rotatable bonds is 12. The largest absolute Gasteiger partial charge is 0.489 e. The Bertz CT molecular complexity index is 2010. The predicted octanol–water partition coefficient (Wildman–Crippen LogP) is 8.88. The molecular weight excluding hydrogens is 624 g/mol. The molecule has 0 radical (unpaired) electrons. The van der Waals surface area contributed by atoms with Crippen LogP contribution in [-0.4, -0.2) is 42.6 Å². The zero-order valence-electron chi connectivity index (χ0n) is 29.0. The normalized spacial score (nSPS) is 24.0. The average Bonchev–Trinajstić information content (AvgIpc) is 3.31. The van der Waals surface area contributed by atoms with Gasteiger partial charge >= 0.3 is 11.6 Å². The van der Waals surface area contributed by atoms with Crippen molar-refractivity contribution in [1.29, 1.82) is 0 Å². The van der Waals surface area contributed by atoms with E-state index in [9.17, 15) is 4.79 Å². The molecule has 4 aromatic rings. The lowest BCUT2D eigenvalue weighted by molar-refractivity contribution is -0.270. The van der Waals surface area contributed by atoms with Crippen molar-refractivity contribution in [2.75, 3.05) is 13.2 Å². The van der Waals surface area contributed by atoms with Crippen LogP contribution in [0.2, 0.25) is 0 Å². The highest BCUT2D eigenvalue weighted by molar-refractivity contribution is 6.01. The molecule has 9 heteroatoms. The maximum Gasteiger partial charge on any atom is 0.350 e. The molecule has 0 bridgehead atoms. The van der Waals surface area contributed by atoms with Crippen LogP contribution in [0, 0.1) is 0 Å². The predicted molar refractivity (Wildman–Crippen MR) is 187 cm³/mol. The molecule has 2 saturated heterocycles. The molecule has 5 heterocycles. The first-order valence-electron chi connectivity index (χ1n) is 17.0. The van der Waals surface area contributed by atoms with E-state index in [1.807, 2.05) is 50.3 Å². The molecule has 2 fully saturated rings. The summed E-state index contributed by atoms with van der Waals surface area (Å²) in [5.41, 5.74) is 3.41. The Morgan fingerprint density at radius 2 is 1.51 bits per heavy atom. The minimum atomic E-state index is -1.31. The van der Waals surface area contributed by atoms with Crippen molar-refractivity contribution in [2.45, 2.75) is 96.6 Å².